The average Bonchev–Trinajstić information content (AvgIpc) is 2.45. The molecule has 7 heteroatoms. The Morgan fingerprint density at radius 2 is 1.18 bits per heavy atom. The molecule has 0 atom stereocenters. The predicted molar refractivity (Wildman–Crippen MR) is 104 cm³/mol. The van der Waals surface area contributed by atoms with Gasteiger partial charge in [0.2, 0.25) is 11.5 Å². The van der Waals surface area contributed by atoms with E-state index in [1.807, 2.05) is 32.9 Å². The first-order chi connectivity index (χ1) is 10.2. The lowest BCUT2D eigenvalue weighted by molar-refractivity contribution is -0.103. The molecule has 0 radical (unpaired) electrons. The fraction of sp³-hybridized carbons (Fsp3) is 0.200. The molecule has 0 aliphatic heterocycles. The summed E-state index contributed by atoms with van der Waals surface area (Å²) in [5.74, 6) is 1.11. The smallest absolute Gasteiger partial charge is 0.207 e. The van der Waals surface area contributed by atoms with Crippen LogP contribution in [0.3, 0.4) is 0 Å². The minimum Gasteiger partial charge on any atom is -0.287 e. The molecule has 0 fully saturated rings. The Balaban J connectivity index is 2.38. The minimum absolute atomic E-state index is 0.541. The van der Waals surface area contributed by atoms with Gasteiger partial charge in [0.25, 0.3) is 0 Å². The zero-order valence-corrected chi connectivity index (χ0v) is 19.0. The van der Waals surface area contributed by atoms with Gasteiger partial charge in [0.05, 0.1) is 17.9 Å². The Labute approximate surface area is 168 Å². The highest BCUT2D eigenvalue weighted by Gasteiger charge is 2.19. The largest absolute Gasteiger partial charge is 0.287 e. The topological polar surface area (TPSA) is 18.5 Å². The maximum atomic E-state index is 6.27. The first-order valence-electron chi connectivity index (χ1n) is 6.17. The van der Waals surface area contributed by atoms with Crippen LogP contribution in [0.2, 0.25) is 5.02 Å². The van der Waals surface area contributed by atoms with Crippen molar-refractivity contribution in [2.24, 2.45) is 0 Å². The van der Waals surface area contributed by atoms with Crippen LogP contribution >= 0.6 is 75.3 Å². The molecule has 0 heterocycles. The summed E-state index contributed by atoms with van der Waals surface area (Å²) in [6.45, 7) is 5.83. The molecule has 118 valence electrons. The molecule has 2 aromatic carbocycles. The SMILES string of the molecule is Cc1cc(Br)c(OOc2c(Br)c(C)c(Cl)c(C)c2Br)c(Br)c1. The standard InChI is InChI=1S/C15H11Br4ClO2/c1-6-4-9(16)14(10(17)5-6)21-22-15-11(18)7(2)13(20)8(3)12(15)19/h4-5H,1-3H3. The van der Waals surface area contributed by atoms with Gasteiger partial charge in [0.15, 0.2) is 0 Å². The van der Waals surface area contributed by atoms with Gasteiger partial charge in [-0.3, -0.25) is 9.78 Å². The molecule has 0 spiro atoms. The number of rotatable bonds is 3. The highest BCUT2D eigenvalue weighted by molar-refractivity contribution is 9.11. The Bertz CT molecular complexity index is 695. The molecule has 0 aromatic heterocycles. The summed E-state index contributed by atoms with van der Waals surface area (Å²) in [4.78, 5) is 11.1. The van der Waals surface area contributed by atoms with Crippen LogP contribution in [0.25, 0.3) is 0 Å². The van der Waals surface area contributed by atoms with Gasteiger partial charge in [0.1, 0.15) is 0 Å². The summed E-state index contributed by atoms with van der Waals surface area (Å²) in [6, 6.07) is 3.90. The second kappa shape index (κ2) is 7.43. The van der Waals surface area contributed by atoms with E-state index in [1.54, 1.807) is 0 Å². The van der Waals surface area contributed by atoms with Gasteiger partial charge in [0, 0.05) is 5.02 Å². The van der Waals surface area contributed by atoms with Gasteiger partial charge in [-0.05, 0) is 113 Å². The molecule has 2 aromatic rings. The van der Waals surface area contributed by atoms with Gasteiger partial charge in [-0.2, -0.15) is 0 Å². The van der Waals surface area contributed by atoms with Crippen LogP contribution in [-0.2, 0) is 0 Å². The molecule has 2 rings (SSSR count). The summed E-state index contributed by atoms with van der Waals surface area (Å²) >= 11 is 20.2. The van der Waals surface area contributed by atoms with E-state index in [2.05, 4.69) is 63.7 Å². The van der Waals surface area contributed by atoms with E-state index in [0.717, 1.165) is 34.6 Å². The third-order valence-corrected chi connectivity index (χ3v) is 6.72. The molecule has 22 heavy (non-hydrogen) atoms. The molecule has 0 saturated carbocycles. The molecule has 0 amide bonds. The van der Waals surface area contributed by atoms with E-state index in [0.29, 0.717) is 16.5 Å². The van der Waals surface area contributed by atoms with Gasteiger partial charge >= 0.3 is 0 Å². The Morgan fingerprint density at radius 1 is 0.773 bits per heavy atom. The summed E-state index contributed by atoms with van der Waals surface area (Å²) in [5.41, 5.74) is 2.89. The maximum absolute atomic E-state index is 6.27. The van der Waals surface area contributed by atoms with Crippen molar-refractivity contribution in [3.05, 3.63) is 51.7 Å². The second-order valence-corrected chi connectivity index (χ2v) is 8.42. The third-order valence-electron chi connectivity index (χ3n) is 3.07. The molecule has 0 unspecified atom stereocenters. The second-order valence-electron chi connectivity index (χ2n) is 4.75. The Kier molecular flexibility index (Phi) is 6.28. The van der Waals surface area contributed by atoms with Crippen molar-refractivity contribution in [1.29, 1.82) is 0 Å². The van der Waals surface area contributed by atoms with E-state index in [9.17, 15) is 0 Å². The van der Waals surface area contributed by atoms with E-state index in [4.69, 9.17) is 21.4 Å². The molecule has 0 aliphatic rings. The van der Waals surface area contributed by atoms with Crippen molar-refractivity contribution in [1.82, 2.24) is 0 Å². The normalized spacial score (nSPS) is 10.7. The average molecular weight is 578 g/mol. The number of hydrogen-bond acceptors (Lipinski definition) is 2. The van der Waals surface area contributed by atoms with E-state index >= 15 is 0 Å². The molecule has 2 nitrogen and oxygen atoms in total. The highest BCUT2D eigenvalue weighted by atomic mass is 79.9. The van der Waals surface area contributed by atoms with Crippen molar-refractivity contribution in [3.63, 3.8) is 0 Å². The van der Waals surface area contributed by atoms with Crippen molar-refractivity contribution < 1.29 is 9.78 Å². The number of halogens is 5. The molecule has 0 saturated heterocycles. The van der Waals surface area contributed by atoms with Crippen LogP contribution in [0, 0.1) is 20.8 Å². The van der Waals surface area contributed by atoms with Gasteiger partial charge in [-0.15, -0.1) is 0 Å². The fourth-order valence-electron chi connectivity index (χ4n) is 1.83. The fourth-order valence-corrected chi connectivity index (χ4v) is 4.99. The summed E-state index contributed by atoms with van der Waals surface area (Å²) in [6.07, 6.45) is 0. The van der Waals surface area contributed by atoms with Gasteiger partial charge < -0.3 is 0 Å². The van der Waals surface area contributed by atoms with Crippen LogP contribution in [0.5, 0.6) is 11.5 Å². The summed E-state index contributed by atoms with van der Waals surface area (Å²) in [7, 11) is 0. The number of hydrogen-bond donors (Lipinski definition) is 0. The number of aryl methyl sites for hydroxylation is 1. The monoisotopic (exact) mass is 574 g/mol. The van der Waals surface area contributed by atoms with Crippen molar-refractivity contribution in [2.45, 2.75) is 20.8 Å². The lowest BCUT2D eigenvalue weighted by Gasteiger charge is -2.16. The van der Waals surface area contributed by atoms with Crippen LogP contribution in [0.1, 0.15) is 16.7 Å². The first kappa shape index (κ1) is 18.6. The van der Waals surface area contributed by atoms with E-state index in [-0.39, 0.29) is 0 Å². The van der Waals surface area contributed by atoms with Crippen LogP contribution in [-0.4, -0.2) is 0 Å². The van der Waals surface area contributed by atoms with Crippen LogP contribution in [0.4, 0.5) is 0 Å². The lowest BCUT2D eigenvalue weighted by Crippen LogP contribution is -2.05. The van der Waals surface area contributed by atoms with E-state index < -0.39 is 0 Å². The minimum atomic E-state index is 0.541. The zero-order chi connectivity index (χ0) is 16.6. The van der Waals surface area contributed by atoms with Crippen LogP contribution in [0.15, 0.2) is 30.0 Å². The quantitative estimate of drug-likeness (QED) is 0.275. The highest BCUT2D eigenvalue weighted by Crippen LogP contribution is 2.44. The molecular formula is C15H11Br4ClO2. The Hall–Kier alpha value is 0.250. The first-order valence-corrected chi connectivity index (χ1v) is 9.72. The van der Waals surface area contributed by atoms with Gasteiger partial charge in [-0.25, -0.2) is 0 Å². The predicted octanol–water partition coefficient (Wildman–Crippen LogP) is 7.69. The number of benzene rings is 2. The zero-order valence-electron chi connectivity index (χ0n) is 11.9. The van der Waals surface area contributed by atoms with Crippen molar-refractivity contribution >= 4 is 75.3 Å². The molecule has 0 aliphatic carbocycles. The molecular weight excluding hydrogens is 567 g/mol. The van der Waals surface area contributed by atoms with E-state index in [1.165, 1.54) is 0 Å². The maximum Gasteiger partial charge on any atom is 0.207 e. The summed E-state index contributed by atoms with van der Waals surface area (Å²) < 4.78 is 3.09. The Morgan fingerprint density at radius 3 is 1.64 bits per heavy atom. The van der Waals surface area contributed by atoms with Crippen molar-refractivity contribution in [2.75, 3.05) is 0 Å². The lowest BCUT2D eigenvalue weighted by atomic mass is 10.1. The summed E-state index contributed by atoms with van der Waals surface area (Å²) in [5, 5.41) is 0.684. The van der Waals surface area contributed by atoms with Crippen molar-refractivity contribution in [3.8, 4) is 11.5 Å². The third kappa shape index (κ3) is 3.66. The molecule has 0 bridgehead atoms. The van der Waals surface area contributed by atoms with Crippen LogP contribution < -0.4 is 9.78 Å². The molecule has 0 N–H and O–H groups in total. The van der Waals surface area contributed by atoms with Gasteiger partial charge in [-0.1, -0.05) is 11.6 Å².